The summed E-state index contributed by atoms with van der Waals surface area (Å²) < 4.78 is 5.73. The lowest BCUT2D eigenvalue weighted by atomic mass is 10.0. The molecule has 4 heteroatoms. The third-order valence-corrected chi connectivity index (χ3v) is 4.15. The topological polar surface area (TPSA) is 41.6 Å². The molecule has 0 aliphatic carbocycles. The molecule has 1 N–H and O–H groups in total. The standard InChI is InChI=1S/C18H28N2O2/c1-4-10-20(16-8-9-19-12-16)18(21)13-22-17-7-5-6-15(11-17)14(2)3/h5-7,11,14,16,19H,4,8-10,12-13H2,1-3H3. The van der Waals surface area contributed by atoms with Gasteiger partial charge in [0.25, 0.3) is 5.91 Å². The molecule has 1 aromatic rings. The Balaban J connectivity index is 1.93. The van der Waals surface area contributed by atoms with Crippen molar-refractivity contribution in [2.75, 3.05) is 26.2 Å². The van der Waals surface area contributed by atoms with Gasteiger partial charge in [-0.2, -0.15) is 0 Å². The van der Waals surface area contributed by atoms with Gasteiger partial charge in [0.2, 0.25) is 0 Å². The molecule has 1 amide bonds. The van der Waals surface area contributed by atoms with Gasteiger partial charge in [0.15, 0.2) is 6.61 Å². The zero-order chi connectivity index (χ0) is 15.9. The Morgan fingerprint density at radius 1 is 1.45 bits per heavy atom. The predicted octanol–water partition coefficient (Wildman–Crippen LogP) is 2.79. The summed E-state index contributed by atoms with van der Waals surface area (Å²) >= 11 is 0. The van der Waals surface area contributed by atoms with E-state index < -0.39 is 0 Å². The van der Waals surface area contributed by atoms with Crippen LogP contribution in [0.25, 0.3) is 0 Å². The highest BCUT2D eigenvalue weighted by atomic mass is 16.5. The minimum atomic E-state index is 0.0884. The van der Waals surface area contributed by atoms with Crippen molar-refractivity contribution in [3.8, 4) is 5.75 Å². The van der Waals surface area contributed by atoms with Gasteiger partial charge in [0.1, 0.15) is 5.75 Å². The summed E-state index contributed by atoms with van der Waals surface area (Å²) in [5.74, 6) is 1.33. The maximum Gasteiger partial charge on any atom is 0.260 e. The number of nitrogens with one attached hydrogen (secondary N) is 1. The van der Waals surface area contributed by atoms with Crippen LogP contribution in [0.15, 0.2) is 24.3 Å². The average Bonchev–Trinajstić information content (AvgIpc) is 3.04. The molecular weight excluding hydrogens is 276 g/mol. The number of ether oxygens (including phenoxy) is 1. The second-order valence-corrected chi connectivity index (χ2v) is 6.25. The molecular formula is C18H28N2O2. The van der Waals surface area contributed by atoms with Crippen molar-refractivity contribution in [1.82, 2.24) is 10.2 Å². The number of hydrogen-bond donors (Lipinski definition) is 1. The van der Waals surface area contributed by atoms with Crippen LogP contribution in [0.5, 0.6) is 5.75 Å². The molecule has 1 aromatic carbocycles. The molecule has 1 saturated heterocycles. The second-order valence-electron chi connectivity index (χ2n) is 6.25. The van der Waals surface area contributed by atoms with Gasteiger partial charge in [0, 0.05) is 19.1 Å². The van der Waals surface area contributed by atoms with Crippen molar-refractivity contribution in [1.29, 1.82) is 0 Å². The van der Waals surface area contributed by atoms with Crippen molar-refractivity contribution >= 4 is 5.91 Å². The van der Waals surface area contributed by atoms with E-state index in [0.29, 0.717) is 12.0 Å². The first kappa shape index (κ1) is 16.8. The van der Waals surface area contributed by atoms with Crippen LogP contribution in [0.3, 0.4) is 0 Å². The summed E-state index contributed by atoms with van der Waals surface area (Å²) in [7, 11) is 0. The monoisotopic (exact) mass is 304 g/mol. The van der Waals surface area contributed by atoms with Crippen LogP contribution >= 0.6 is 0 Å². The Bertz CT molecular complexity index is 482. The summed E-state index contributed by atoms with van der Waals surface area (Å²) in [6, 6.07) is 8.34. The lowest BCUT2D eigenvalue weighted by molar-refractivity contribution is -0.135. The minimum absolute atomic E-state index is 0.0884. The molecule has 0 spiro atoms. The lowest BCUT2D eigenvalue weighted by Crippen LogP contribution is -2.44. The molecule has 0 saturated carbocycles. The van der Waals surface area contributed by atoms with Crippen LogP contribution in [-0.4, -0.2) is 43.1 Å². The minimum Gasteiger partial charge on any atom is -0.484 e. The maximum absolute atomic E-state index is 12.5. The molecule has 1 unspecified atom stereocenters. The predicted molar refractivity (Wildman–Crippen MR) is 89.3 cm³/mol. The fourth-order valence-corrected chi connectivity index (χ4v) is 2.85. The van der Waals surface area contributed by atoms with Crippen LogP contribution < -0.4 is 10.1 Å². The van der Waals surface area contributed by atoms with Gasteiger partial charge < -0.3 is 15.0 Å². The largest absolute Gasteiger partial charge is 0.484 e. The number of benzene rings is 1. The molecule has 22 heavy (non-hydrogen) atoms. The molecule has 4 nitrogen and oxygen atoms in total. The Kier molecular flexibility index (Phi) is 6.25. The van der Waals surface area contributed by atoms with Gasteiger partial charge in [-0.05, 0) is 43.0 Å². The van der Waals surface area contributed by atoms with E-state index in [0.717, 1.165) is 38.2 Å². The molecule has 2 rings (SSSR count). The summed E-state index contributed by atoms with van der Waals surface area (Å²) in [5.41, 5.74) is 1.23. The number of carbonyl (C=O) groups is 1. The fraction of sp³-hybridized carbons (Fsp3) is 0.611. The quantitative estimate of drug-likeness (QED) is 0.842. The first-order chi connectivity index (χ1) is 10.6. The fourth-order valence-electron chi connectivity index (χ4n) is 2.85. The van der Waals surface area contributed by atoms with Crippen molar-refractivity contribution in [3.63, 3.8) is 0 Å². The SMILES string of the molecule is CCCN(C(=O)COc1cccc(C(C)C)c1)C1CCNC1. The van der Waals surface area contributed by atoms with Crippen LogP contribution in [0.4, 0.5) is 0 Å². The first-order valence-corrected chi connectivity index (χ1v) is 8.34. The number of rotatable bonds is 7. The summed E-state index contributed by atoms with van der Waals surface area (Å²) in [4.78, 5) is 14.5. The highest BCUT2D eigenvalue weighted by Crippen LogP contribution is 2.20. The van der Waals surface area contributed by atoms with Gasteiger partial charge in [-0.25, -0.2) is 0 Å². The van der Waals surface area contributed by atoms with Crippen LogP contribution in [0.2, 0.25) is 0 Å². The van der Waals surface area contributed by atoms with E-state index in [1.165, 1.54) is 5.56 Å². The number of amides is 1. The van der Waals surface area contributed by atoms with E-state index in [-0.39, 0.29) is 12.5 Å². The Hall–Kier alpha value is -1.55. The summed E-state index contributed by atoms with van der Waals surface area (Å²) in [6.45, 7) is 9.24. The molecule has 1 aliphatic heterocycles. The normalized spacial score (nSPS) is 17.7. The van der Waals surface area contributed by atoms with E-state index in [9.17, 15) is 4.79 Å². The number of nitrogens with zero attached hydrogens (tertiary/aromatic N) is 1. The van der Waals surface area contributed by atoms with Gasteiger partial charge in [-0.15, -0.1) is 0 Å². The highest BCUT2D eigenvalue weighted by Gasteiger charge is 2.25. The van der Waals surface area contributed by atoms with Crippen molar-refractivity contribution < 1.29 is 9.53 Å². The van der Waals surface area contributed by atoms with Gasteiger partial charge >= 0.3 is 0 Å². The van der Waals surface area contributed by atoms with E-state index in [4.69, 9.17) is 4.74 Å². The molecule has 1 heterocycles. The molecule has 1 atom stereocenters. The number of carbonyl (C=O) groups excluding carboxylic acids is 1. The van der Waals surface area contributed by atoms with Crippen LogP contribution in [0, 0.1) is 0 Å². The second kappa shape index (κ2) is 8.18. The van der Waals surface area contributed by atoms with E-state index in [1.807, 2.05) is 23.1 Å². The molecule has 0 aromatic heterocycles. The van der Waals surface area contributed by atoms with Crippen LogP contribution in [0.1, 0.15) is 45.1 Å². The van der Waals surface area contributed by atoms with Gasteiger partial charge in [-0.1, -0.05) is 32.9 Å². The Morgan fingerprint density at radius 2 is 2.27 bits per heavy atom. The molecule has 122 valence electrons. The highest BCUT2D eigenvalue weighted by molar-refractivity contribution is 5.78. The van der Waals surface area contributed by atoms with Gasteiger partial charge in [-0.3, -0.25) is 4.79 Å². The van der Waals surface area contributed by atoms with Crippen molar-refractivity contribution in [3.05, 3.63) is 29.8 Å². The molecule has 1 aliphatic rings. The van der Waals surface area contributed by atoms with Gasteiger partial charge in [0.05, 0.1) is 0 Å². The number of hydrogen-bond acceptors (Lipinski definition) is 3. The van der Waals surface area contributed by atoms with Crippen molar-refractivity contribution in [2.24, 2.45) is 0 Å². The molecule has 0 bridgehead atoms. The maximum atomic E-state index is 12.5. The zero-order valence-corrected chi connectivity index (χ0v) is 14.0. The van der Waals surface area contributed by atoms with E-state index >= 15 is 0 Å². The first-order valence-electron chi connectivity index (χ1n) is 8.34. The van der Waals surface area contributed by atoms with Crippen LogP contribution in [-0.2, 0) is 4.79 Å². The summed E-state index contributed by atoms with van der Waals surface area (Å²) in [5, 5.41) is 3.33. The Labute approximate surface area is 133 Å². The zero-order valence-electron chi connectivity index (χ0n) is 14.0. The lowest BCUT2D eigenvalue weighted by Gasteiger charge is -2.28. The Morgan fingerprint density at radius 3 is 2.91 bits per heavy atom. The molecule has 0 radical (unpaired) electrons. The third kappa shape index (κ3) is 4.47. The van der Waals surface area contributed by atoms with E-state index in [2.05, 4.69) is 32.2 Å². The third-order valence-electron chi connectivity index (χ3n) is 4.15. The van der Waals surface area contributed by atoms with E-state index in [1.54, 1.807) is 0 Å². The van der Waals surface area contributed by atoms with Crippen molar-refractivity contribution in [2.45, 2.75) is 45.6 Å². The summed E-state index contributed by atoms with van der Waals surface area (Å²) in [6.07, 6.45) is 2.01. The molecule has 1 fully saturated rings. The average molecular weight is 304 g/mol. The smallest absolute Gasteiger partial charge is 0.260 e.